The van der Waals surface area contributed by atoms with E-state index in [-0.39, 0.29) is 9.92 Å². The minimum atomic E-state index is -0.332. The highest BCUT2D eigenvalue weighted by molar-refractivity contribution is 8.06. The molecular formula is C10H14N2O2S3. The zero-order valence-corrected chi connectivity index (χ0v) is 11.7. The molecule has 94 valence electrons. The normalized spacial score (nSPS) is 20.4. The molecule has 1 atom stereocenters. The quantitative estimate of drug-likeness (QED) is 0.667. The first-order valence-electron chi connectivity index (χ1n) is 5.39. The van der Waals surface area contributed by atoms with Crippen molar-refractivity contribution in [1.29, 1.82) is 0 Å². The molecule has 0 aliphatic carbocycles. The van der Waals surface area contributed by atoms with E-state index in [0.717, 1.165) is 18.0 Å². The molecule has 1 saturated heterocycles. The molecule has 1 aromatic rings. The second-order valence-corrected chi connectivity index (χ2v) is 7.40. The Labute approximate surface area is 113 Å². The zero-order chi connectivity index (χ0) is 12.1. The van der Waals surface area contributed by atoms with E-state index >= 15 is 0 Å². The van der Waals surface area contributed by atoms with Crippen molar-refractivity contribution in [3.8, 4) is 0 Å². The zero-order valence-electron chi connectivity index (χ0n) is 9.26. The van der Waals surface area contributed by atoms with Crippen LogP contribution in [-0.2, 0) is 6.54 Å². The van der Waals surface area contributed by atoms with Gasteiger partial charge in [0.05, 0.1) is 4.92 Å². The fourth-order valence-electron chi connectivity index (χ4n) is 1.57. The number of nitrogens with one attached hydrogen (secondary N) is 1. The van der Waals surface area contributed by atoms with Gasteiger partial charge < -0.3 is 5.32 Å². The number of nitrogens with zero attached hydrogens (tertiary/aromatic N) is 1. The van der Waals surface area contributed by atoms with Crippen molar-refractivity contribution < 1.29 is 4.92 Å². The van der Waals surface area contributed by atoms with E-state index in [1.807, 2.05) is 29.6 Å². The molecular weight excluding hydrogens is 276 g/mol. The Morgan fingerprint density at radius 3 is 3.00 bits per heavy atom. The molecule has 1 aliphatic rings. The average Bonchev–Trinajstić information content (AvgIpc) is 2.79. The van der Waals surface area contributed by atoms with Crippen LogP contribution in [0.3, 0.4) is 0 Å². The lowest BCUT2D eigenvalue weighted by Gasteiger charge is -2.20. The van der Waals surface area contributed by atoms with Crippen molar-refractivity contribution in [2.24, 2.45) is 0 Å². The van der Waals surface area contributed by atoms with Crippen LogP contribution < -0.4 is 5.32 Å². The second-order valence-electron chi connectivity index (χ2n) is 3.70. The first kappa shape index (κ1) is 13.2. The van der Waals surface area contributed by atoms with Gasteiger partial charge >= 0.3 is 5.00 Å². The topological polar surface area (TPSA) is 55.2 Å². The third kappa shape index (κ3) is 4.17. The van der Waals surface area contributed by atoms with Gasteiger partial charge in [-0.1, -0.05) is 11.3 Å². The lowest BCUT2D eigenvalue weighted by molar-refractivity contribution is -0.380. The Kier molecular flexibility index (Phi) is 5.15. The predicted molar refractivity (Wildman–Crippen MR) is 76.3 cm³/mol. The summed E-state index contributed by atoms with van der Waals surface area (Å²) in [7, 11) is 0. The van der Waals surface area contributed by atoms with Gasteiger partial charge in [0.1, 0.15) is 0 Å². The molecule has 17 heavy (non-hydrogen) atoms. The predicted octanol–water partition coefficient (Wildman–Crippen LogP) is 2.59. The smallest absolute Gasteiger partial charge is 0.311 e. The first-order valence-corrected chi connectivity index (χ1v) is 8.41. The average molecular weight is 290 g/mol. The first-order chi connectivity index (χ1) is 8.25. The number of rotatable bonds is 5. The van der Waals surface area contributed by atoms with Gasteiger partial charge in [-0.3, -0.25) is 10.1 Å². The molecule has 0 amide bonds. The third-order valence-corrected chi connectivity index (χ3v) is 6.27. The summed E-state index contributed by atoms with van der Waals surface area (Å²) in [5.41, 5.74) is 0. The van der Waals surface area contributed by atoms with Crippen molar-refractivity contribution in [2.45, 2.75) is 11.8 Å². The minimum Gasteiger partial charge on any atom is -0.311 e. The van der Waals surface area contributed by atoms with Gasteiger partial charge in [0.15, 0.2) is 0 Å². The molecule has 1 fully saturated rings. The molecule has 0 bridgehead atoms. The van der Waals surface area contributed by atoms with Gasteiger partial charge in [-0.25, -0.2) is 0 Å². The Morgan fingerprint density at radius 2 is 2.35 bits per heavy atom. The fourth-order valence-corrected chi connectivity index (χ4v) is 5.01. The van der Waals surface area contributed by atoms with Crippen molar-refractivity contribution in [3.05, 3.63) is 27.1 Å². The minimum absolute atomic E-state index is 0.226. The van der Waals surface area contributed by atoms with Crippen LogP contribution in [0.25, 0.3) is 0 Å². The van der Waals surface area contributed by atoms with E-state index in [9.17, 15) is 10.1 Å². The van der Waals surface area contributed by atoms with Crippen LogP contribution in [0.15, 0.2) is 12.1 Å². The molecule has 1 aliphatic heterocycles. The molecule has 4 nitrogen and oxygen atoms in total. The van der Waals surface area contributed by atoms with E-state index in [2.05, 4.69) is 5.32 Å². The molecule has 2 heterocycles. The van der Waals surface area contributed by atoms with Crippen LogP contribution in [0.5, 0.6) is 0 Å². The van der Waals surface area contributed by atoms with E-state index in [1.165, 1.54) is 28.6 Å². The van der Waals surface area contributed by atoms with Gasteiger partial charge in [0.25, 0.3) is 0 Å². The molecule has 0 radical (unpaired) electrons. The molecule has 0 aromatic carbocycles. The number of hydrogen-bond acceptors (Lipinski definition) is 6. The maximum atomic E-state index is 10.5. The van der Waals surface area contributed by atoms with Crippen molar-refractivity contribution in [3.63, 3.8) is 0 Å². The van der Waals surface area contributed by atoms with Gasteiger partial charge in [0.2, 0.25) is 0 Å². The van der Waals surface area contributed by atoms with E-state index in [1.54, 1.807) is 6.07 Å². The van der Waals surface area contributed by atoms with Crippen LogP contribution in [0, 0.1) is 10.1 Å². The fraction of sp³-hybridized carbons (Fsp3) is 0.600. The molecule has 1 aromatic heterocycles. The Hall–Kier alpha value is -0.240. The summed E-state index contributed by atoms with van der Waals surface area (Å²) in [6.07, 6.45) is 0. The maximum Gasteiger partial charge on any atom is 0.324 e. The highest BCUT2D eigenvalue weighted by Gasteiger charge is 2.14. The third-order valence-electron chi connectivity index (χ3n) is 2.38. The van der Waals surface area contributed by atoms with Crippen LogP contribution in [-0.4, -0.2) is 34.0 Å². The van der Waals surface area contributed by atoms with Crippen LogP contribution in [0.2, 0.25) is 0 Å². The highest BCUT2D eigenvalue weighted by atomic mass is 32.2. The van der Waals surface area contributed by atoms with E-state index in [0.29, 0.717) is 5.25 Å². The van der Waals surface area contributed by atoms with Crippen LogP contribution >= 0.6 is 34.9 Å². The monoisotopic (exact) mass is 290 g/mol. The highest BCUT2D eigenvalue weighted by Crippen LogP contribution is 2.25. The molecule has 1 N–H and O–H groups in total. The van der Waals surface area contributed by atoms with Crippen LogP contribution in [0.4, 0.5) is 5.00 Å². The summed E-state index contributed by atoms with van der Waals surface area (Å²) < 4.78 is 0. The lowest BCUT2D eigenvalue weighted by Crippen LogP contribution is -2.28. The molecule has 1 unspecified atom stereocenters. The SMILES string of the molecule is O=[N+]([O-])c1ccc(CNCC2CSCCS2)s1. The number of hydrogen-bond donors (Lipinski definition) is 1. The van der Waals surface area contributed by atoms with Crippen molar-refractivity contribution >= 4 is 39.9 Å². The number of thioether (sulfide) groups is 2. The molecule has 7 heteroatoms. The van der Waals surface area contributed by atoms with Gasteiger partial charge in [-0.2, -0.15) is 23.5 Å². The van der Waals surface area contributed by atoms with Gasteiger partial charge in [-0.05, 0) is 6.07 Å². The van der Waals surface area contributed by atoms with Crippen LogP contribution in [0.1, 0.15) is 4.88 Å². The van der Waals surface area contributed by atoms with E-state index < -0.39 is 0 Å². The lowest BCUT2D eigenvalue weighted by atomic mass is 10.4. The summed E-state index contributed by atoms with van der Waals surface area (Å²) in [6.45, 7) is 1.73. The summed E-state index contributed by atoms with van der Waals surface area (Å²) in [5.74, 6) is 3.71. The van der Waals surface area contributed by atoms with E-state index in [4.69, 9.17) is 0 Å². The van der Waals surface area contributed by atoms with Gasteiger partial charge in [-0.15, -0.1) is 0 Å². The Balaban J connectivity index is 1.71. The largest absolute Gasteiger partial charge is 0.324 e. The number of thiophene rings is 1. The summed E-state index contributed by atoms with van der Waals surface area (Å²) >= 11 is 5.28. The van der Waals surface area contributed by atoms with Crippen molar-refractivity contribution in [1.82, 2.24) is 5.32 Å². The van der Waals surface area contributed by atoms with Crippen molar-refractivity contribution in [2.75, 3.05) is 23.8 Å². The molecule has 0 spiro atoms. The maximum absolute atomic E-state index is 10.5. The summed E-state index contributed by atoms with van der Waals surface area (Å²) in [5, 5.41) is 14.8. The van der Waals surface area contributed by atoms with Gasteiger partial charge in [0, 0.05) is 46.5 Å². The standard InChI is InChI=1S/C10H14N2O2S3/c13-12(14)10-2-1-8(17-10)5-11-6-9-7-15-3-4-16-9/h1-2,9,11H,3-7H2. The second kappa shape index (κ2) is 6.63. The molecule has 2 rings (SSSR count). The number of nitro groups is 1. The Bertz CT molecular complexity index is 377. The summed E-state index contributed by atoms with van der Waals surface area (Å²) in [4.78, 5) is 11.2. The molecule has 0 saturated carbocycles. The Morgan fingerprint density at radius 1 is 1.47 bits per heavy atom. The summed E-state index contributed by atoms with van der Waals surface area (Å²) in [6, 6.07) is 3.41.